The summed E-state index contributed by atoms with van der Waals surface area (Å²) in [6, 6.07) is 7.40. The lowest BCUT2D eigenvalue weighted by Crippen LogP contribution is -1.84. The van der Waals surface area contributed by atoms with Crippen molar-refractivity contribution in [1.82, 2.24) is 0 Å². The van der Waals surface area contributed by atoms with Crippen molar-refractivity contribution in [3.8, 4) is 0 Å². The molecular weight excluding hydrogens is 188 g/mol. The van der Waals surface area contributed by atoms with Gasteiger partial charge in [0.1, 0.15) is 0 Å². The first-order valence-electron chi connectivity index (χ1n) is 3.28. The van der Waals surface area contributed by atoms with Crippen LogP contribution in [0.1, 0.15) is 16.7 Å². The summed E-state index contributed by atoms with van der Waals surface area (Å²) in [6.07, 6.45) is 0. The van der Waals surface area contributed by atoms with Crippen molar-refractivity contribution in [2.24, 2.45) is 0 Å². The molecule has 0 aliphatic rings. The molecule has 1 radical (unpaired) electrons. The average molecular weight is 198 g/mol. The largest absolute Gasteiger partial charge is 0.0876 e. The van der Waals surface area contributed by atoms with Crippen molar-refractivity contribution in [3.63, 3.8) is 0 Å². The van der Waals surface area contributed by atoms with Gasteiger partial charge in [-0.05, 0) is 31.0 Å². The number of rotatable bonds is 1. The Morgan fingerprint density at radius 1 is 1.50 bits per heavy atom. The molecule has 0 N–H and O–H groups in total. The number of hydrogen-bond acceptors (Lipinski definition) is 0. The van der Waals surface area contributed by atoms with Crippen LogP contribution in [0.15, 0.2) is 12.1 Å². The maximum atomic E-state index is 3.40. The van der Waals surface area contributed by atoms with Crippen LogP contribution in [-0.4, -0.2) is 0 Å². The lowest BCUT2D eigenvalue weighted by molar-refractivity contribution is 1.28. The highest BCUT2D eigenvalue weighted by molar-refractivity contribution is 9.08. The Balaban J connectivity index is 3.07. The second-order valence-corrected chi connectivity index (χ2v) is 3.03. The summed E-state index contributed by atoms with van der Waals surface area (Å²) in [5.74, 6) is 0. The SMILES string of the molecule is Cc1c[c]c(CBr)c(C)c1. The summed E-state index contributed by atoms with van der Waals surface area (Å²) in [5, 5.41) is 0.902. The molecule has 1 heteroatoms. The highest BCUT2D eigenvalue weighted by Gasteiger charge is 1.94. The van der Waals surface area contributed by atoms with Crippen LogP contribution in [0.3, 0.4) is 0 Å². The van der Waals surface area contributed by atoms with Crippen molar-refractivity contribution in [3.05, 3.63) is 34.9 Å². The zero-order chi connectivity index (χ0) is 7.56. The van der Waals surface area contributed by atoms with Gasteiger partial charge in [-0.25, -0.2) is 0 Å². The van der Waals surface area contributed by atoms with Crippen LogP contribution in [0.5, 0.6) is 0 Å². The topological polar surface area (TPSA) is 0 Å². The summed E-state index contributed by atoms with van der Waals surface area (Å²) >= 11 is 3.40. The van der Waals surface area contributed by atoms with Crippen LogP contribution >= 0.6 is 15.9 Å². The van der Waals surface area contributed by atoms with E-state index in [0.717, 1.165) is 5.33 Å². The first-order chi connectivity index (χ1) is 4.74. The van der Waals surface area contributed by atoms with Gasteiger partial charge in [-0.2, -0.15) is 0 Å². The maximum Gasteiger partial charge on any atom is 0.0291 e. The highest BCUT2D eigenvalue weighted by atomic mass is 79.9. The predicted molar refractivity (Wildman–Crippen MR) is 47.4 cm³/mol. The van der Waals surface area contributed by atoms with Crippen molar-refractivity contribution in [1.29, 1.82) is 0 Å². The fraction of sp³-hybridized carbons (Fsp3) is 0.333. The Labute approximate surface area is 70.4 Å². The number of benzene rings is 1. The number of alkyl halides is 1. The summed E-state index contributed by atoms with van der Waals surface area (Å²) < 4.78 is 0. The maximum absolute atomic E-state index is 3.40. The molecule has 0 saturated carbocycles. The minimum absolute atomic E-state index is 0.902. The standard InChI is InChI=1S/C9H10Br/c1-7-3-4-9(6-10)8(2)5-7/h3,5H,6H2,1-2H3. The predicted octanol–water partition coefficient (Wildman–Crippen LogP) is 3.00. The van der Waals surface area contributed by atoms with E-state index in [4.69, 9.17) is 0 Å². The van der Waals surface area contributed by atoms with Crippen LogP contribution in [0.2, 0.25) is 0 Å². The Bertz CT molecular complexity index is 228. The summed E-state index contributed by atoms with van der Waals surface area (Å²) in [7, 11) is 0. The lowest BCUT2D eigenvalue weighted by atomic mass is 10.1. The fourth-order valence-corrected chi connectivity index (χ4v) is 1.53. The second kappa shape index (κ2) is 3.20. The number of halogens is 1. The molecular formula is C9H10Br. The molecule has 0 amide bonds. The van der Waals surface area contributed by atoms with Gasteiger partial charge in [-0.3, -0.25) is 0 Å². The van der Waals surface area contributed by atoms with Crippen LogP contribution in [-0.2, 0) is 5.33 Å². The zero-order valence-corrected chi connectivity index (χ0v) is 7.83. The van der Waals surface area contributed by atoms with E-state index >= 15 is 0 Å². The molecule has 0 heterocycles. The average Bonchev–Trinajstić information content (AvgIpc) is 1.88. The van der Waals surface area contributed by atoms with E-state index in [2.05, 4.69) is 41.9 Å². The van der Waals surface area contributed by atoms with E-state index in [1.807, 2.05) is 6.07 Å². The quantitative estimate of drug-likeness (QED) is 0.608. The molecule has 53 valence electrons. The van der Waals surface area contributed by atoms with Crippen LogP contribution in [0.4, 0.5) is 0 Å². The van der Waals surface area contributed by atoms with Crippen LogP contribution in [0, 0.1) is 19.9 Å². The Morgan fingerprint density at radius 3 is 2.70 bits per heavy atom. The lowest BCUT2D eigenvalue weighted by Gasteiger charge is -2.00. The van der Waals surface area contributed by atoms with E-state index in [1.165, 1.54) is 16.7 Å². The van der Waals surface area contributed by atoms with Gasteiger partial charge in [0, 0.05) is 5.33 Å². The molecule has 0 spiro atoms. The van der Waals surface area contributed by atoms with Gasteiger partial charge in [-0.15, -0.1) is 0 Å². The molecule has 0 nitrogen and oxygen atoms in total. The van der Waals surface area contributed by atoms with Gasteiger partial charge in [0.15, 0.2) is 0 Å². The van der Waals surface area contributed by atoms with Crippen molar-refractivity contribution >= 4 is 15.9 Å². The Morgan fingerprint density at radius 2 is 2.20 bits per heavy atom. The molecule has 0 saturated heterocycles. The molecule has 0 aromatic heterocycles. The summed E-state index contributed by atoms with van der Waals surface area (Å²) in [5.41, 5.74) is 3.85. The smallest absolute Gasteiger partial charge is 0.0291 e. The fourth-order valence-electron chi connectivity index (χ4n) is 0.929. The van der Waals surface area contributed by atoms with Gasteiger partial charge in [0.2, 0.25) is 0 Å². The van der Waals surface area contributed by atoms with Crippen molar-refractivity contribution in [2.45, 2.75) is 19.2 Å². The minimum atomic E-state index is 0.902. The van der Waals surface area contributed by atoms with Crippen molar-refractivity contribution in [2.75, 3.05) is 0 Å². The van der Waals surface area contributed by atoms with E-state index in [0.29, 0.717) is 0 Å². The molecule has 0 aliphatic carbocycles. The van der Waals surface area contributed by atoms with E-state index in [9.17, 15) is 0 Å². The minimum Gasteiger partial charge on any atom is -0.0876 e. The molecule has 0 bridgehead atoms. The monoisotopic (exact) mass is 197 g/mol. The third-order valence-corrected chi connectivity index (χ3v) is 2.09. The molecule has 0 fully saturated rings. The van der Waals surface area contributed by atoms with Crippen LogP contribution < -0.4 is 0 Å². The van der Waals surface area contributed by atoms with Gasteiger partial charge >= 0.3 is 0 Å². The Hall–Kier alpha value is -0.300. The van der Waals surface area contributed by atoms with Crippen molar-refractivity contribution < 1.29 is 0 Å². The van der Waals surface area contributed by atoms with Gasteiger partial charge in [0.25, 0.3) is 0 Å². The van der Waals surface area contributed by atoms with E-state index in [1.54, 1.807) is 0 Å². The summed E-state index contributed by atoms with van der Waals surface area (Å²) in [6.45, 7) is 4.20. The normalized spacial score (nSPS) is 9.90. The molecule has 1 aromatic rings. The molecule has 1 aromatic carbocycles. The third kappa shape index (κ3) is 1.60. The number of aryl methyl sites for hydroxylation is 2. The van der Waals surface area contributed by atoms with Gasteiger partial charge in [0.05, 0.1) is 0 Å². The molecule has 0 aliphatic heterocycles. The molecule has 10 heavy (non-hydrogen) atoms. The Kier molecular flexibility index (Phi) is 2.50. The van der Waals surface area contributed by atoms with Gasteiger partial charge < -0.3 is 0 Å². The second-order valence-electron chi connectivity index (χ2n) is 2.47. The summed E-state index contributed by atoms with van der Waals surface area (Å²) in [4.78, 5) is 0. The first-order valence-corrected chi connectivity index (χ1v) is 4.40. The van der Waals surface area contributed by atoms with Crippen LogP contribution in [0.25, 0.3) is 0 Å². The first kappa shape index (κ1) is 7.80. The zero-order valence-electron chi connectivity index (χ0n) is 6.24. The van der Waals surface area contributed by atoms with E-state index < -0.39 is 0 Å². The number of hydrogen-bond donors (Lipinski definition) is 0. The molecule has 0 unspecified atom stereocenters. The third-order valence-electron chi connectivity index (χ3n) is 1.53. The van der Waals surface area contributed by atoms with Gasteiger partial charge in [-0.1, -0.05) is 33.6 Å². The molecule has 1 rings (SSSR count). The van der Waals surface area contributed by atoms with E-state index in [-0.39, 0.29) is 0 Å². The highest BCUT2D eigenvalue weighted by Crippen LogP contribution is 2.12. The molecule has 0 atom stereocenters.